The highest BCUT2D eigenvalue weighted by Crippen LogP contribution is 2.27. The van der Waals surface area contributed by atoms with Gasteiger partial charge in [0, 0.05) is 17.0 Å². The summed E-state index contributed by atoms with van der Waals surface area (Å²) < 4.78 is 0. The molecular weight excluding hydrogens is 242 g/mol. The number of rotatable bonds is 3. The van der Waals surface area contributed by atoms with Crippen molar-refractivity contribution in [3.8, 4) is 0 Å². The fraction of sp³-hybridized carbons (Fsp3) is 0.0909. The van der Waals surface area contributed by atoms with Gasteiger partial charge in [0.05, 0.1) is 12.4 Å². The van der Waals surface area contributed by atoms with Crippen molar-refractivity contribution in [3.63, 3.8) is 0 Å². The summed E-state index contributed by atoms with van der Waals surface area (Å²) in [6.07, 6.45) is 3.41. The van der Waals surface area contributed by atoms with Crippen molar-refractivity contribution in [3.05, 3.63) is 41.7 Å². The van der Waals surface area contributed by atoms with Crippen LogP contribution in [0.3, 0.4) is 0 Å². The number of hydrogen-bond donors (Lipinski definition) is 1. The molecule has 3 nitrogen and oxygen atoms in total. The Kier molecular flexibility index (Phi) is 3.64. The Labute approximate surface area is 103 Å². The summed E-state index contributed by atoms with van der Waals surface area (Å²) in [6.45, 7) is 0. The van der Waals surface area contributed by atoms with Crippen LogP contribution in [-0.4, -0.2) is 17.0 Å². The Morgan fingerprint density at radius 2 is 2.19 bits per heavy atom. The van der Waals surface area contributed by atoms with Gasteiger partial charge in [-0.2, -0.15) is 0 Å². The SMILES string of the molecule is CNc1cncc(Sc2cccc(Cl)c2)n1. The predicted octanol–water partition coefficient (Wildman–Crippen LogP) is 3.32. The van der Waals surface area contributed by atoms with Crippen molar-refractivity contribution in [2.75, 3.05) is 12.4 Å². The van der Waals surface area contributed by atoms with Gasteiger partial charge in [-0.1, -0.05) is 29.4 Å². The molecule has 0 saturated carbocycles. The van der Waals surface area contributed by atoms with Gasteiger partial charge in [0.15, 0.2) is 0 Å². The van der Waals surface area contributed by atoms with Crippen LogP contribution in [0.2, 0.25) is 5.02 Å². The maximum Gasteiger partial charge on any atom is 0.145 e. The van der Waals surface area contributed by atoms with Crippen molar-refractivity contribution in [1.82, 2.24) is 9.97 Å². The maximum absolute atomic E-state index is 5.91. The Bertz CT molecular complexity index is 490. The first-order chi connectivity index (χ1) is 7.78. The summed E-state index contributed by atoms with van der Waals surface area (Å²) in [5, 5.41) is 4.52. The van der Waals surface area contributed by atoms with E-state index in [4.69, 9.17) is 11.6 Å². The summed E-state index contributed by atoms with van der Waals surface area (Å²) in [5.74, 6) is 0.757. The summed E-state index contributed by atoms with van der Waals surface area (Å²) in [5.41, 5.74) is 0. The Morgan fingerprint density at radius 3 is 2.94 bits per heavy atom. The lowest BCUT2D eigenvalue weighted by Crippen LogP contribution is -1.93. The molecule has 0 saturated heterocycles. The molecule has 0 aliphatic carbocycles. The van der Waals surface area contributed by atoms with Crippen molar-refractivity contribution < 1.29 is 0 Å². The van der Waals surface area contributed by atoms with Crippen molar-refractivity contribution >= 4 is 29.2 Å². The molecule has 0 aliphatic heterocycles. The fourth-order valence-corrected chi connectivity index (χ4v) is 2.26. The molecule has 1 aromatic heterocycles. The largest absolute Gasteiger partial charge is 0.372 e. The lowest BCUT2D eigenvalue weighted by molar-refractivity contribution is 1.05. The number of nitrogens with zero attached hydrogens (tertiary/aromatic N) is 2. The first-order valence-corrected chi connectivity index (χ1v) is 5.90. The highest BCUT2D eigenvalue weighted by atomic mass is 35.5. The third-order valence-corrected chi connectivity index (χ3v) is 3.02. The molecule has 0 amide bonds. The molecule has 1 heterocycles. The van der Waals surface area contributed by atoms with E-state index in [9.17, 15) is 0 Å². The van der Waals surface area contributed by atoms with Crippen molar-refractivity contribution in [2.24, 2.45) is 0 Å². The van der Waals surface area contributed by atoms with E-state index in [-0.39, 0.29) is 0 Å². The first-order valence-electron chi connectivity index (χ1n) is 4.71. The van der Waals surface area contributed by atoms with Gasteiger partial charge < -0.3 is 5.32 Å². The number of hydrogen-bond acceptors (Lipinski definition) is 4. The molecule has 5 heteroatoms. The van der Waals surface area contributed by atoms with Crippen molar-refractivity contribution in [1.29, 1.82) is 0 Å². The van der Waals surface area contributed by atoms with Gasteiger partial charge in [-0.15, -0.1) is 0 Å². The van der Waals surface area contributed by atoms with Gasteiger partial charge >= 0.3 is 0 Å². The van der Waals surface area contributed by atoms with Crippen LogP contribution in [0.1, 0.15) is 0 Å². The van der Waals surface area contributed by atoms with Gasteiger partial charge in [-0.3, -0.25) is 4.98 Å². The second kappa shape index (κ2) is 5.18. The molecule has 82 valence electrons. The number of nitrogens with one attached hydrogen (secondary N) is 1. The molecule has 0 aliphatic rings. The van der Waals surface area contributed by atoms with Crippen LogP contribution in [-0.2, 0) is 0 Å². The highest BCUT2D eigenvalue weighted by Gasteiger charge is 2.01. The van der Waals surface area contributed by atoms with Crippen LogP contribution in [0.15, 0.2) is 46.6 Å². The van der Waals surface area contributed by atoms with Crippen LogP contribution in [0.4, 0.5) is 5.82 Å². The van der Waals surface area contributed by atoms with E-state index < -0.39 is 0 Å². The summed E-state index contributed by atoms with van der Waals surface area (Å²) in [6, 6.07) is 7.66. The molecule has 1 aromatic carbocycles. The summed E-state index contributed by atoms with van der Waals surface area (Å²) >= 11 is 7.44. The molecule has 2 aromatic rings. The quantitative estimate of drug-likeness (QED) is 0.908. The first kappa shape index (κ1) is 11.2. The monoisotopic (exact) mass is 251 g/mol. The Balaban J connectivity index is 2.20. The van der Waals surface area contributed by atoms with E-state index in [1.807, 2.05) is 31.3 Å². The standard InChI is InChI=1S/C11H10ClN3S/c1-13-10-6-14-7-11(15-10)16-9-4-2-3-8(12)5-9/h2-7H,1H3,(H,13,15). The predicted molar refractivity (Wildman–Crippen MR) is 67.2 cm³/mol. The second-order valence-corrected chi connectivity index (χ2v) is 4.58. The molecule has 0 atom stereocenters. The Hall–Kier alpha value is -1.26. The molecule has 0 bridgehead atoms. The Morgan fingerprint density at radius 1 is 1.31 bits per heavy atom. The molecular formula is C11H10ClN3S. The zero-order valence-electron chi connectivity index (χ0n) is 8.64. The summed E-state index contributed by atoms with van der Waals surface area (Å²) in [7, 11) is 1.82. The average molecular weight is 252 g/mol. The van der Waals surface area contributed by atoms with Crippen LogP contribution < -0.4 is 5.32 Å². The summed E-state index contributed by atoms with van der Waals surface area (Å²) in [4.78, 5) is 9.51. The minimum atomic E-state index is 0.725. The minimum absolute atomic E-state index is 0.725. The van der Waals surface area contributed by atoms with Crippen LogP contribution >= 0.6 is 23.4 Å². The van der Waals surface area contributed by atoms with Gasteiger partial charge in [-0.25, -0.2) is 4.98 Å². The lowest BCUT2D eigenvalue weighted by Gasteiger charge is -2.03. The average Bonchev–Trinajstić information content (AvgIpc) is 2.29. The van der Waals surface area contributed by atoms with Gasteiger partial charge in [0.25, 0.3) is 0 Å². The van der Waals surface area contributed by atoms with Crippen LogP contribution in [0, 0.1) is 0 Å². The van der Waals surface area contributed by atoms with Crippen LogP contribution in [0.25, 0.3) is 0 Å². The molecule has 0 spiro atoms. The number of benzene rings is 1. The molecule has 0 fully saturated rings. The van der Waals surface area contributed by atoms with E-state index in [2.05, 4.69) is 15.3 Å². The number of anilines is 1. The van der Waals surface area contributed by atoms with Gasteiger partial charge in [0.2, 0.25) is 0 Å². The number of halogens is 1. The smallest absolute Gasteiger partial charge is 0.145 e. The van der Waals surface area contributed by atoms with Crippen LogP contribution in [0.5, 0.6) is 0 Å². The molecule has 1 N–H and O–H groups in total. The maximum atomic E-state index is 5.91. The lowest BCUT2D eigenvalue weighted by atomic mass is 10.4. The second-order valence-electron chi connectivity index (χ2n) is 3.05. The molecule has 0 unspecified atom stereocenters. The minimum Gasteiger partial charge on any atom is -0.372 e. The van der Waals surface area contributed by atoms with E-state index >= 15 is 0 Å². The van der Waals surface area contributed by atoms with E-state index in [1.54, 1.807) is 12.4 Å². The highest BCUT2D eigenvalue weighted by molar-refractivity contribution is 7.99. The van der Waals surface area contributed by atoms with E-state index in [0.717, 1.165) is 20.8 Å². The van der Waals surface area contributed by atoms with E-state index in [0.29, 0.717) is 0 Å². The topological polar surface area (TPSA) is 37.8 Å². The number of aromatic nitrogens is 2. The third-order valence-electron chi connectivity index (χ3n) is 1.89. The fourth-order valence-electron chi connectivity index (χ4n) is 1.17. The third kappa shape index (κ3) is 2.87. The molecule has 2 rings (SSSR count). The molecule has 16 heavy (non-hydrogen) atoms. The zero-order chi connectivity index (χ0) is 11.4. The normalized spacial score (nSPS) is 10.1. The molecule has 0 radical (unpaired) electrons. The van der Waals surface area contributed by atoms with E-state index in [1.165, 1.54) is 11.8 Å². The van der Waals surface area contributed by atoms with Gasteiger partial charge in [0.1, 0.15) is 10.8 Å². The van der Waals surface area contributed by atoms with Crippen molar-refractivity contribution in [2.45, 2.75) is 9.92 Å². The zero-order valence-corrected chi connectivity index (χ0v) is 10.2. The van der Waals surface area contributed by atoms with Gasteiger partial charge in [-0.05, 0) is 18.2 Å².